The van der Waals surface area contributed by atoms with Gasteiger partial charge in [0.2, 0.25) is 0 Å². The molecule has 2 aromatic carbocycles. The van der Waals surface area contributed by atoms with Crippen LogP contribution in [0.4, 0.5) is 0 Å². The summed E-state index contributed by atoms with van der Waals surface area (Å²) in [6.07, 6.45) is 0. The molecule has 19 heavy (non-hydrogen) atoms. The second-order valence-electron chi connectivity index (χ2n) is 4.27. The summed E-state index contributed by atoms with van der Waals surface area (Å²) in [5.74, 6) is 0.900. The molecule has 1 unspecified atom stereocenters. The summed E-state index contributed by atoms with van der Waals surface area (Å²) in [5.41, 5.74) is 3.42. The number of alkyl halides is 1. The first kappa shape index (κ1) is 14.9. The summed E-state index contributed by atoms with van der Waals surface area (Å²) in [5, 5.41) is 0.715. The molecule has 0 aliphatic heterocycles. The highest BCUT2D eigenvalue weighted by atomic mass is 79.9. The second-order valence-corrected chi connectivity index (χ2v) is 6.44. The third-order valence-electron chi connectivity index (χ3n) is 2.95. The lowest BCUT2D eigenvalue weighted by molar-refractivity contribution is 0.411. The molecule has 1 nitrogen and oxygen atoms in total. The number of ether oxygens (including phenoxy) is 1. The van der Waals surface area contributed by atoms with Crippen LogP contribution in [0.1, 0.15) is 21.5 Å². The molecule has 0 aliphatic carbocycles. The van der Waals surface area contributed by atoms with Gasteiger partial charge in [-0.3, -0.25) is 0 Å². The third kappa shape index (κ3) is 3.33. The Labute approximate surface area is 135 Å². The van der Waals surface area contributed by atoms with Gasteiger partial charge in [0.15, 0.2) is 0 Å². The zero-order valence-corrected chi connectivity index (χ0v) is 14.5. The molecule has 1 atom stereocenters. The van der Waals surface area contributed by atoms with Crippen molar-refractivity contribution in [3.8, 4) is 5.75 Å². The van der Waals surface area contributed by atoms with Crippen LogP contribution in [0.2, 0.25) is 5.02 Å². The molecule has 2 rings (SSSR count). The van der Waals surface area contributed by atoms with E-state index in [9.17, 15) is 0 Å². The molecular weight excluding hydrogens is 391 g/mol. The lowest BCUT2D eigenvalue weighted by atomic mass is 10.0. The fourth-order valence-electron chi connectivity index (χ4n) is 1.92. The smallest absolute Gasteiger partial charge is 0.121 e. The van der Waals surface area contributed by atoms with Crippen molar-refractivity contribution in [2.75, 3.05) is 7.11 Å². The maximum absolute atomic E-state index is 6.14. The Morgan fingerprint density at radius 2 is 1.74 bits per heavy atom. The van der Waals surface area contributed by atoms with Crippen molar-refractivity contribution in [2.24, 2.45) is 0 Å². The van der Waals surface area contributed by atoms with Gasteiger partial charge in [0.25, 0.3) is 0 Å². The fourth-order valence-corrected chi connectivity index (χ4v) is 2.93. The van der Waals surface area contributed by atoms with Gasteiger partial charge in [-0.15, -0.1) is 0 Å². The van der Waals surface area contributed by atoms with Crippen LogP contribution in [0.5, 0.6) is 5.75 Å². The van der Waals surface area contributed by atoms with Crippen LogP contribution in [0.25, 0.3) is 0 Å². The SMILES string of the molecule is COc1ccc(C(Br)c2ccc(Br)c(Cl)c2)cc1C. The first-order valence-electron chi connectivity index (χ1n) is 5.76. The van der Waals surface area contributed by atoms with Crippen molar-refractivity contribution in [3.63, 3.8) is 0 Å². The summed E-state index contributed by atoms with van der Waals surface area (Å²) in [4.78, 5) is 0.114. The van der Waals surface area contributed by atoms with Gasteiger partial charge in [0, 0.05) is 4.47 Å². The van der Waals surface area contributed by atoms with Gasteiger partial charge in [-0.2, -0.15) is 0 Å². The van der Waals surface area contributed by atoms with E-state index in [1.165, 1.54) is 5.56 Å². The standard InChI is InChI=1S/C15H13Br2ClO/c1-9-7-10(4-6-14(9)19-2)15(17)11-3-5-12(16)13(18)8-11/h3-8,15H,1-2H3. The Balaban J connectivity index is 2.35. The molecule has 4 heteroatoms. The minimum absolute atomic E-state index is 0.114. The van der Waals surface area contributed by atoms with Crippen molar-refractivity contribution in [1.29, 1.82) is 0 Å². The summed E-state index contributed by atoms with van der Waals surface area (Å²) >= 11 is 13.3. The Hall–Kier alpha value is -0.510. The first-order valence-corrected chi connectivity index (χ1v) is 7.85. The molecule has 0 amide bonds. The zero-order valence-electron chi connectivity index (χ0n) is 10.6. The van der Waals surface area contributed by atoms with Gasteiger partial charge in [0.1, 0.15) is 5.75 Å². The highest BCUT2D eigenvalue weighted by Crippen LogP contribution is 2.35. The van der Waals surface area contributed by atoms with E-state index in [0.29, 0.717) is 5.02 Å². The second kappa shape index (κ2) is 6.29. The van der Waals surface area contributed by atoms with E-state index < -0.39 is 0 Å². The summed E-state index contributed by atoms with van der Waals surface area (Å²) < 4.78 is 6.18. The predicted octanol–water partition coefficient (Wildman–Crippen LogP) is 5.90. The number of benzene rings is 2. The van der Waals surface area contributed by atoms with E-state index in [1.54, 1.807) is 7.11 Å². The van der Waals surface area contributed by atoms with E-state index in [-0.39, 0.29) is 4.83 Å². The minimum Gasteiger partial charge on any atom is -0.496 e. The molecule has 0 saturated carbocycles. The molecule has 0 heterocycles. The van der Waals surface area contributed by atoms with Gasteiger partial charge in [-0.1, -0.05) is 45.7 Å². The largest absolute Gasteiger partial charge is 0.496 e. The predicted molar refractivity (Wildman–Crippen MR) is 87.7 cm³/mol. The summed E-state index contributed by atoms with van der Waals surface area (Å²) in [6.45, 7) is 2.04. The first-order chi connectivity index (χ1) is 9.02. The van der Waals surface area contributed by atoms with Crippen LogP contribution in [0.3, 0.4) is 0 Å². The van der Waals surface area contributed by atoms with Gasteiger partial charge in [0.05, 0.1) is 17.0 Å². The number of rotatable bonds is 3. The fraction of sp³-hybridized carbons (Fsp3) is 0.200. The van der Waals surface area contributed by atoms with E-state index in [0.717, 1.165) is 21.3 Å². The molecule has 0 aromatic heterocycles. The topological polar surface area (TPSA) is 9.23 Å². The lowest BCUT2D eigenvalue weighted by Crippen LogP contribution is -1.95. The molecule has 0 spiro atoms. The Morgan fingerprint density at radius 1 is 1.11 bits per heavy atom. The third-order valence-corrected chi connectivity index (χ3v) is 5.24. The number of methoxy groups -OCH3 is 1. The number of halogens is 3. The Bertz CT molecular complexity index is 599. The summed E-state index contributed by atoms with van der Waals surface area (Å²) in [6, 6.07) is 12.1. The van der Waals surface area contributed by atoms with Crippen molar-refractivity contribution in [1.82, 2.24) is 0 Å². The number of hydrogen-bond acceptors (Lipinski definition) is 1. The van der Waals surface area contributed by atoms with Crippen LogP contribution in [-0.2, 0) is 0 Å². The normalized spacial score (nSPS) is 12.3. The van der Waals surface area contributed by atoms with E-state index in [1.807, 2.05) is 25.1 Å². The number of aryl methyl sites for hydroxylation is 1. The Morgan fingerprint density at radius 3 is 2.32 bits per heavy atom. The molecule has 100 valence electrons. The van der Waals surface area contributed by atoms with Crippen molar-refractivity contribution < 1.29 is 4.74 Å². The van der Waals surface area contributed by atoms with Gasteiger partial charge < -0.3 is 4.74 Å². The summed E-state index contributed by atoms with van der Waals surface area (Å²) in [7, 11) is 1.68. The maximum atomic E-state index is 6.14. The van der Waals surface area contributed by atoms with Gasteiger partial charge >= 0.3 is 0 Å². The van der Waals surface area contributed by atoms with Crippen molar-refractivity contribution >= 4 is 43.5 Å². The monoisotopic (exact) mass is 402 g/mol. The average Bonchev–Trinajstić information content (AvgIpc) is 2.41. The molecule has 0 bridgehead atoms. The molecule has 0 fully saturated rings. The molecule has 2 aromatic rings. The Kier molecular flexibility index (Phi) is 4.93. The van der Waals surface area contributed by atoms with Crippen LogP contribution in [0.15, 0.2) is 40.9 Å². The molecular formula is C15H13Br2ClO. The van der Waals surface area contributed by atoms with E-state index >= 15 is 0 Å². The lowest BCUT2D eigenvalue weighted by Gasteiger charge is -2.14. The molecule has 0 aliphatic rings. The highest BCUT2D eigenvalue weighted by molar-refractivity contribution is 9.10. The van der Waals surface area contributed by atoms with Gasteiger partial charge in [-0.25, -0.2) is 0 Å². The maximum Gasteiger partial charge on any atom is 0.121 e. The quantitative estimate of drug-likeness (QED) is 0.579. The highest BCUT2D eigenvalue weighted by Gasteiger charge is 2.13. The van der Waals surface area contributed by atoms with E-state index in [2.05, 4.69) is 50.1 Å². The van der Waals surface area contributed by atoms with Crippen LogP contribution in [-0.4, -0.2) is 7.11 Å². The minimum atomic E-state index is 0.114. The van der Waals surface area contributed by atoms with Crippen molar-refractivity contribution in [3.05, 3.63) is 62.6 Å². The van der Waals surface area contributed by atoms with Gasteiger partial charge in [-0.05, 0) is 57.7 Å². The zero-order chi connectivity index (χ0) is 14.0. The molecule has 0 radical (unpaired) electrons. The van der Waals surface area contributed by atoms with Crippen LogP contribution in [0, 0.1) is 6.92 Å². The van der Waals surface area contributed by atoms with Crippen molar-refractivity contribution in [2.45, 2.75) is 11.8 Å². The molecule has 0 N–H and O–H groups in total. The number of hydrogen-bond donors (Lipinski definition) is 0. The average molecular weight is 405 g/mol. The van der Waals surface area contributed by atoms with E-state index in [4.69, 9.17) is 16.3 Å². The van der Waals surface area contributed by atoms with Crippen LogP contribution < -0.4 is 4.74 Å². The van der Waals surface area contributed by atoms with Crippen LogP contribution >= 0.6 is 43.5 Å². The molecule has 0 saturated heterocycles.